The lowest BCUT2D eigenvalue weighted by molar-refractivity contribution is -0.151. The van der Waals surface area contributed by atoms with Gasteiger partial charge in [-0.1, -0.05) is 30.3 Å². The van der Waals surface area contributed by atoms with E-state index in [2.05, 4.69) is 0 Å². The molecule has 0 bridgehead atoms. The molecule has 1 unspecified atom stereocenters. The van der Waals surface area contributed by atoms with Crippen LogP contribution in [0.1, 0.15) is 31.2 Å². The van der Waals surface area contributed by atoms with Crippen LogP contribution in [0.15, 0.2) is 30.3 Å². The number of carbonyl (C=O) groups excluding carboxylic acids is 1. The number of carbonyl (C=O) groups is 1. The van der Waals surface area contributed by atoms with Crippen LogP contribution in [0.2, 0.25) is 0 Å². The van der Waals surface area contributed by atoms with Gasteiger partial charge in [0.05, 0.1) is 13.2 Å². The van der Waals surface area contributed by atoms with Crippen LogP contribution in [0.3, 0.4) is 0 Å². The Morgan fingerprint density at radius 1 is 1.24 bits per heavy atom. The van der Waals surface area contributed by atoms with Gasteiger partial charge in [-0.25, -0.2) is 0 Å². The molecule has 0 aromatic heterocycles. The van der Waals surface area contributed by atoms with Crippen molar-refractivity contribution in [1.82, 2.24) is 0 Å². The molecule has 0 saturated carbocycles. The molecule has 0 amide bonds. The summed E-state index contributed by atoms with van der Waals surface area (Å²) in [6, 6.07) is 10.0. The molecule has 3 nitrogen and oxygen atoms in total. The second-order valence-electron chi connectivity index (χ2n) is 4.36. The molecule has 3 heteroatoms. The standard InChI is InChI=1S/C14H18O3/c15-14-9-5-4-8-13(17-14)11-16-10-12-6-2-1-3-7-12/h1-3,6-7,13H,4-5,8-11H2. The molecule has 17 heavy (non-hydrogen) atoms. The minimum atomic E-state index is -0.0872. The minimum absolute atomic E-state index is 0.0614. The van der Waals surface area contributed by atoms with Gasteiger partial charge in [0.15, 0.2) is 0 Å². The van der Waals surface area contributed by atoms with Gasteiger partial charge in [0.25, 0.3) is 0 Å². The van der Waals surface area contributed by atoms with E-state index in [0.29, 0.717) is 19.6 Å². The Morgan fingerprint density at radius 3 is 2.88 bits per heavy atom. The largest absolute Gasteiger partial charge is 0.460 e. The maximum absolute atomic E-state index is 11.2. The summed E-state index contributed by atoms with van der Waals surface area (Å²) in [5.74, 6) is -0.0872. The van der Waals surface area contributed by atoms with Gasteiger partial charge in [-0.15, -0.1) is 0 Å². The number of ether oxygens (including phenoxy) is 2. The number of rotatable bonds is 4. The third-order valence-corrected chi connectivity index (χ3v) is 2.87. The molecule has 1 aromatic rings. The summed E-state index contributed by atoms with van der Waals surface area (Å²) in [7, 11) is 0. The highest BCUT2D eigenvalue weighted by molar-refractivity contribution is 5.69. The SMILES string of the molecule is O=C1CCCCC(COCc2ccccc2)O1. The molecule has 0 aliphatic carbocycles. The zero-order valence-corrected chi connectivity index (χ0v) is 9.93. The summed E-state index contributed by atoms with van der Waals surface area (Å²) in [6.07, 6.45) is 3.39. The van der Waals surface area contributed by atoms with Crippen molar-refractivity contribution in [1.29, 1.82) is 0 Å². The Bertz CT molecular complexity index is 348. The molecule has 0 spiro atoms. The second-order valence-corrected chi connectivity index (χ2v) is 4.36. The summed E-state index contributed by atoms with van der Waals surface area (Å²) < 4.78 is 10.9. The highest BCUT2D eigenvalue weighted by atomic mass is 16.6. The molecule has 1 aromatic carbocycles. The van der Waals surface area contributed by atoms with Crippen LogP contribution in [0.25, 0.3) is 0 Å². The highest BCUT2D eigenvalue weighted by Crippen LogP contribution is 2.15. The fourth-order valence-electron chi connectivity index (χ4n) is 1.94. The van der Waals surface area contributed by atoms with E-state index in [1.54, 1.807) is 0 Å². The summed E-state index contributed by atoms with van der Waals surface area (Å²) in [5.41, 5.74) is 1.15. The first-order chi connectivity index (χ1) is 8.34. The van der Waals surface area contributed by atoms with Crippen LogP contribution in [-0.2, 0) is 20.9 Å². The quantitative estimate of drug-likeness (QED) is 0.751. The zero-order chi connectivity index (χ0) is 11.9. The average Bonchev–Trinajstić information content (AvgIpc) is 2.55. The molecule has 1 fully saturated rings. The van der Waals surface area contributed by atoms with E-state index in [-0.39, 0.29) is 12.1 Å². The van der Waals surface area contributed by atoms with Gasteiger partial charge in [-0.3, -0.25) is 4.79 Å². The van der Waals surface area contributed by atoms with Gasteiger partial charge in [0.1, 0.15) is 6.10 Å². The van der Waals surface area contributed by atoms with Crippen molar-refractivity contribution in [3.05, 3.63) is 35.9 Å². The number of benzene rings is 1. The van der Waals surface area contributed by atoms with E-state index in [0.717, 1.165) is 24.8 Å². The van der Waals surface area contributed by atoms with Crippen molar-refractivity contribution < 1.29 is 14.3 Å². The lowest BCUT2D eigenvalue weighted by Crippen LogP contribution is -2.21. The molecule has 1 heterocycles. The molecule has 0 N–H and O–H groups in total. The highest BCUT2D eigenvalue weighted by Gasteiger charge is 2.18. The maximum Gasteiger partial charge on any atom is 0.306 e. The molecule has 92 valence electrons. The molecule has 1 atom stereocenters. The van der Waals surface area contributed by atoms with Gasteiger partial charge in [-0.05, 0) is 24.8 Å². The first-order valence-electron chi connectivity index (χ1n) is 6.16. The van der Waals surface area contributed by atoms with Crippen LogP contribution >= 0.6 is 0 Å². The maximum atomic E-state index is 11.2. The third-order valence-electron chi connectivity index (χ3n) is 2.87. The zero-order valence-electron chi connectivity index (χ0n) is 9.93. The van der Waals surface area contributed by atoms with E-state index in [4.69, 9.17) is 9.47 Å². The summed E-state index contributed by atoms with van der Waals surface area (Å²) in [6.45, 7) is 1.08. The number of hydrogen-bond acceptors (Lipinski definition) is 3. The fourth-order valence-corrected chi connectivity index (χ4v) is 1.94. The van der Waals surface area contributed by atoms with E-state index < -0.39 is 0 Å². The molecular formula is C14H18O3. The fraction of sp³-hybridized carbons (Fsp3) is 0.500. The van der Waals surface area contributed by atoms with Crippen molar-refractivity contribution in [3.8, 4) is 0 Å². The van der Waals surface area contributed by atoms with Crippen LogP contribution < -0.4 is 0 Å². The normalized spacial score (nSPS) is 20.7. The van der Waals surface area contributed by atoms with Gasteiger partial charge < -0.3 is 9.47 Å². The summed E-state index contributed by atoms with van der Waals surface area (Å²) in [4.78, 5) is 11.2. The van der Waals surface area contributed by atoms with E-state index in [1.165, 1.54) is 0 Å². The van der Waals surface area contributed by atoms with Gasteiger partial charge in [0.2, 0.25) is 0 Å². The van der Waals surface area contributed by atoms with E-state index in [1.807, 2.05) is 30.3 Å². The summed E-state index contributed by atoms with van der Waals surface area (Å²) in [5, 5.41) is 0. The van der Waals surface area contributed by atoms with E-state index in [9.17, 15) is 4.79 Å². The molecule has 1 aliphatic heterocycles. The predicted molar refractivity (Wildman–Crippen MR) is 64.4 cm³/mol. The number of cyclic esters (lactones) is 1. The number of esters is 1. The van der Waals surface area contributed by atoms with Crippen molar-refractivity contribution in [2.24, 2.45) is 0 Å². The first kappa shape index (κ1) is 12.1. The predicted octanol–water partition coefficient (Wildman–Crippen LogP) is 2.69. The minimum Gasteiger partial charge on any atom is -0.460 e. The molecule has 0 radical (unpaired) electrons. The van der Waals surface area contributed by atoms with E-state index >= 15 is 0 Å². The monoisotopic (exact) mass is 234 g/mol. The topological polar surface area (TPSA) is 35.5 Å². The Kier molecular flexibility index (Phi) is 4.56. The van der Waals surface area contributed by atoms with Crippen molar-refractivity contribution in [3.63, 3.8) is 0 Å². The first-order valence-corrected chi connectivity index (χ1v) is 6.16. The molecular weight excluding hydrogens is 216 g/mol. The molecule has 2 rings (SSSR count). The Balaban J connectivity index is 1.72. The molecule has 1 aliphatic rings. The molecule has 1 saturated heterocycles. The van der Waals surface area contributed by atoms with Crippen molar-refractivity contribution in [2.75, 3.05) is 6.61 Å². The van der Waals surface area contributed by atoms with Crippen LogP contribution in [0.4, 0.5) is 0 Å². The summed E-state index contributed by atoms with van der Waals surface area (Å²) >= 11 is 0. The lowest BCUT2D eigenvalue weighted by Gasteiger charge is -2.15. The second kappa shape index (κ2) is 6.40. The van der Waals surface area contributed by atoms with Crippen molar-refractivity contribution >= 4 is 5.97 Å². The Morgan fingerprint density at radius 2 is 2.06 bits per heavy atom. The lowest BCUT2D eigenvalue weighted by atomic mass is 10.1. The van der Waals surface area contributed by atoms with Crippen LogP contribution in [0, 0.1) is 0 Å². The van der Waals surface area contributed by atoms with Gasteiger partial charge in [-0.2, -0.15) is 0 Å². The van der Waals surface area contributed by atoms with Gasteiger partial charge in [0, 0.05) is 6.42 Å². The number of hydrogen-bond donors (Lipinski definition) is 0. The Labute approximate surface area is 102 Å². The van der Waals surface area contributed by atoms with Gasteiger partial charge >= 0.3 is 5.97 Å². The van der Waals surface area contributed by atoms with Crippen molar-refractivity contribution in [2.45, 2.75) is 38.4 Å². The van der Waals surface area contributed by atoms with Crippen LogP contribution in [0.5, 0.6) is 0 Å². The van der Waals surface area contributed by atoms with Crippen LogP contribution in [-0.4, -0.2) is 18.7 Å². The Hall–Kier alpha value is -1.35. The smallest absolute Gasteiger partial charge is 0.306 e. The average molecular weight is 234 g/mol. The third kappa shape index (κ3) is 4.19.